The predicted octanol–water partition coefficient (Wildman–Crippen LogP) is 2.32. The summed E-state index contributed by atoms with van der Waals surface area (Å²) in [6, 6.07) is 2.87. The zero-order valence-corrected chi connectivity index (χ0v) is 14.3. The Hall–Kier alpha value is -1.76. The highest BCUT2D eigenvalue weighted by atomic mass is 79.9. The van der Waals surface area contributed by atoms with Gasteiger partial charge in [0.2, 0.25) is 11.8 Å². The Balaban J connectivity index is 2.18. The van der Waals surface area contributed by atoms with Crippen molar-refractivity contribution in [3.05, 3.63) is 16.6 Å². The minimum atomic E-state index is -0.599. The number of benzene rings is 1. The number of carbonyl (C=O) groups excluding carboxylic acids is 2. The number of hydrogen-bond donors (Lipinski definition) is 2. The van der Waals surface area contributed by atoms with E-state index in [-0.39, 0.29) is 17.7 Å². The highest BCUT2D eigenvalue weighted by Gasteiger charge is 2.24. The molecule has 0 saturated heterocycles. The van der Waals surface area contributed by atoms with Gasteiger partial charge in [-0.3, -0.25) is 9.59 Å². The smallest absolute Gasteiger partial charge is 0.247 e. The molecule has 1 aliphatic heterocycles. The normalized spacial score (nSPS) is 14.4. The number of fused-ring (bicyclic) bond motifs is 1. The molecule has 1 aromatic carbocycles. The van der Waals surface area contributed by atoms with E-state index in [0.717, 1.165) is 0 Å². The average molecular weight is 371 g/mol. The van der Waals surface area contributed by atoms with E-state index in [2.05, 4.69) is 26.6 Å². The van der Waals surface area contributed by atoms with Crippen LogP contribution in [-0.4, -0.2) is 31.1 Å². The molecule has 2 N–H and O–H groups in total. The van der Waals surface area contributed by atoms with Crippen molar-refractivity contribution in [3.63, 3.8) is 0 Å². The predicted molar refractivity (Wildman–Crippen MR) is 86.2 cm³/mol. The van der Waals surface area contributed by atoms with Gasteiger partial charge >= 0.3 is 0 Å². The van der Waals surface area contributed by atoms with E-state index in [1.807, 2.05) is 13.8 Å². The molecule has 0 bridgehead atoms. The molecule has 0 spiro atoms. The first-order valence-electron chi connectivity index (χ1n) is 7.05. The Morgan fingerprint density at radius 1 is 1.18 bits per heavy atom. The van der Waals surface area contributed by atoms with Gasteiger partial charge in [0.05, 0.1) is 5.69 Å². The first kappa shape index (κ1) is 16.6. The summed E-state index contributed by atoms with van der Waals surface area (Å²) in [5.74, 6) is 0.682. The maximum absolute atomic E-state index is 12.4. The fourth-order valence-electron chi connectivity index (χ4n) is 2.12. The standard InChI is InChI=1S/C15H19BrN2O4/c1-8(2)14(17-9(3)19)15(20)18-11-7-13-12(6-10(11)16)21-4-5-22-13/h6-8,14H,4-5H2,1-3H3,(H,17,19)(H,18,20). The SMILES string of the molecule is CC(=O)NC(C(=O)Nc1cc2c(cc1Br)OCCO2)C(C)C. The van der Waals surface area contributed by atoms with E-state index in [9.17, 15) is 9.59 Å². The van der Waals surface area contributed by atoms with Crippen LogP contribution in [0.1, 0.15) is 20.8 Å². The number of ether oxygens (including phenoxy) is 2. The Morgan fingerprint density at radius 2 is 1.77 bits per heavy atom. The van der Waals surface area contributed by atoms with Crippen molar-refractivity contribution in [2.45, 2.75) is 26.8 Å². The Labute approximate surface area is 137 Å². The van der Waals surface area contributed by atoms with E-state index in [4.69, 9.17) is 9.47 Å². The summed E-state index contributed by atoms with van der Waals surface area (Å²) < 4.78 is 11.7. The minimum Gasteiger partial charge on any atom is -0.486 e. The molecule has 0 radical (unpaired) electrons. The molecule has 1 aliphatic rings. The molecule has 22 heavy (non-hydrogen) atoms. The van der Waals surface area contributed by atoms with Gasteiger partial charge in [-0.15, -0.1) is 0 Å². The molecule has 1 atom stereocenters. The number of nitrogens with one attached hydrogen (secondary N) is 2. The van der Waals surface area contributed by atoms with Crippen LogP contribution in [0.5, 0.6) is 11.5 Å². The lowest BCUT2D eigenvalue weighted by molar-refractivity contribution is -0.126. The molecular weight excluding hydrogens is 352 g/mol. The van der Waals surface area contributed by atoms with Gasteiger partial charge in [-0.05, 0) is 21.8 Å². The van der Waals surface area contributed by atoms with Gasteiger partial charge in [-0.25, -0.2) is 0 Å². The third-order valence-corrected chi connectivity index (χ3v) is 3.85. The van der Waals surface area contributed by atoms with Crippen molar-refractivity contribution >= 4 is 33.4 Å². The Bertz CT molecular complexity index is 589. The van der Waals surface area contributed by atoms with Gasteiger partial charge in [0, 0.05) is 23.5 Å². The maximum Gasteiger partial charge on any atom is 0.247 e. The van der Waals surface area contributed by atoms with Crippen LogP contribution in [0.2, 0.25) is 0 Å². The molecular formula is C15H19BrN2O4. The van der Waals surface area contributed by atoms with Crippen molar-refractivity contribution in [2.75, 3.05) is 18.5 Å². The second kappa shape index (κ2) is 7.00. The average Bonchev–Trinajstić information content (AvgIpc) is 2.45. The first-order valence-corrected chi connectivity index (χ1v) is 7.85. The highest BCUT2D eigenvalue weighted by molar-refractivity contribution is 9.10. The minimum absolute atomic E-state index is 0.0279. The van der Waals surface area contributed by atoms with E-state index < -0.39 is 6.04 Å². The number of rotatable bonds is 4. The number of amides is 2. The zero-order chi connectivity index (χ0) is 16.3. The fraction of sp³-hybridized carbons (Fsp3) is 0.467. The summed E-state index contributed by atoms with van der Waals surface area (Å²) in [6.45, 7) is 6.12. The van der Waals surface area contributed by atoms with Crippen molar-refractivity contribution in [1.82, 2.24) is 5.32 Å². The van der Waals surface area contributed by atoms with Gasteiger partial charge in [0.15, 0.2) is 11.5 Å². The monoisotopic (exact) mass is 370 g/mol. The fourth-order valence-corrected chi connectivity index (χ4v) is 2.55. The summed E-state index contributed by atoms with van der Waals surface area (Å²) in [7, 11) is 0. The van der Waals surface area contributed by atoms with Gasteiger partial charge in [0.1, 0.15) is 19.3 Å². The van der Waals surface area contributed by atoms with Crippen molar-refractivity contribution in [1.29, 1.82) is 0 Å². The van der Waals surface area contributed by atoms with Gasteiger partial charge in [-0.2, -0.15) is 0 Å². The van der Waals surface area contributed by atoms with Gasteiger partial charge < -0.3 is 20.1 Å². The second-order valence-corrected chi connectivity index (χ2v) is 6.24. The third kappa shape index (κ3) is 3.91. The van der Waals surface area contributed by atoms with E-state index in [1.54, 1.807) is 12.1 Å². The van der Waals surface area contributed by atoms with Gasteiger partial charge in [-0.1, -0.05) is 13.8 Å². The van der Waals surface area contributed by atoms with Crippen LogP contribution >= 0.6 is 15.9 Å². The summed E-state index contributed by atoms with van der Waals surface area (Å²) in [4.78, 5) is 23.6. The quantitative estimate of drug-likeness (QED) is 0.852. The van der Waals surface area contributed by atoms with Crippen molar-refractivity contribution in [3.8, 4) is 11.5 Å². The molecule has 1 unspecified atom stereocenters. The number of halogens is 1. The lowest BCUT2D eigenvalue weighted by Crippen LogP contribution is -2.46. The molecule has 1 aromatic rings. The summed E-state index contributed by atoms with van der Waals surface area (Å²) in [6.07, 6.45) is 0. The number of carbonyl (C=O) groups is 2. The van der Waals surface area contributed by atoms with Crippen LogP contribution in [0, 0.1) is 5.92 Å². The van der Waals surface area contributed by atoms with Crippen LogP contribution < -0.4 is 20.1 Å². The third-order valence-electron chi connectivity index (χ3n) is 3.20. The molecule has 0 fully saturated rings. The molecule has 0 saturated carbocycles. The number of hydrogen-bond acceptors (Lipinski definition) is 4. The maximum atomic E-state index is 12.4. The molecule has 120 valence electrons. The highest BCUT2D eigenvalue weighted by Crippen LogP contribution is 2.38. The second-order valence-electron chi connectivity index (χ2n) is 5.39. The summed E-state index contributed by atoms with van der Waals surface area (Å²) in [5, 5.41) is 5.47. The molecule has 0 aliphatic carbocycles. The van der Waals surface area contributed by atoms with E-state index in [0.29, 0.717) is 34.9 Å². The van der Waals surface area contributed by atoms with Crippen LogP contribution in [0.25, 0.3) is 0 Å². The summed E-state index contributed by atoms with van der Waals surface area (Å²) >= 11 is 3.40. The molecule has 7 heteroatoms. The van der Waals surface area contributed by atoms with Gasteiger partial charge in [0.25, 0.3) is 0 Å². The van der Waals surface area contributed by atoms with Crippen LogP contribution in [0.15, 0.2) is 16.6 Å². The van der Waals surface area contributed by atoms with E-state index >= 15 is 0 Å². The molecule has 1 heterocycles. The largest absolute Gasteiger partial charge is 0.486 e. The lowest BCUT2D eigenvalue weighted by Gasteiger charge is -2.23. The topological polar surface area (TPSA) is 76.7 Å². The van der Waals surface area contributed by atoms with E-state index in [1.165, 1.54) is 6.92 Å². The van der Waals surface area contributed by atoms with Crippen LogP contribution in [0.3, 0.4) is 0 Å². The molecule has 0 aromatic heterocycles. The zero-order valence-electron chi connectivity index (χ0n) is 12.7. The molecule has 2 rings (SSSR count). The Morgan fingerprint density at radius 3 is 2.32 bits per heavy atom. The van der Waals surface area contributed by atoms with Crippen molar-refractivity contribution in [2.24, 2.45) is 5.92 Å². The van der Waals surface area contributed by atoms with Crippen LogP contribution in [-0.2, 0) is 9.59 Å². The Kier molecular flexibility index (Phi) is 5.28. The van der Waals surface area contributed by atoms with Crippen molar-refractivity contribution < 1.29 is 19.1 Å². The lowest BCUT2D eigenvalue weighted by atomic mass is 10.0. The molecule has 6 nitrogen and oxygen atoms in total. The first-order chi connectivity index (χ1) is 10.4. The summed E-state index contributed by atoms with van der Waals surface area (Å²) in [5.41, 5.74) is 0.574. The molecule has 2 amide bonds. The number of anilines is 1. The van der Waals surface area contributed by atoms with Crippen LogP contribution in [0.4, 0.5) is 5.69 Å².